The van der Waals surface area contributed by atoms with Gasteiger partial charge in [0.25, 0.3) is 0 Å². The average Bonchev–Trinajstić information content (AvgIpc) is 1.41. The Bertz CT molecular complexity index is 17.1. The van der Waals surface area contributed by atoms with Crippen molar-refractivity contribution in [2.45, 2.75) is 0 Å². The maximum Gasteiger partial charge on any atom is 0.0149 e. The number of rotatable bonds is 2. The van der Waals surface area contributed by atoms with Crippen molar-refractivity contribution >= 4 is 12.0 Å². The summed E-state index contributed by atoms with van der Waals surface area (Å²) in [5.41, 5.74) is 1.48. The Morgan fingerprint density at radius 3 is 2.60 bits per heavy atom. The van der Waals surface area contributed by atoms with Gasteiger partial charge in [-0.05, 0) is 0 Å². The Balaban J connectivity index is 2.19. The van der Waals surface area contributed by atoms with Crippen LogP contribution in [0.25, 0.3) is 0 Å². The summed E-state index contributed by atoms with van der Waals surface area (Å²) in [6.07, 6.45) is 1.68. The number of nitrogens with one attached hydrogen (secondary N) is 1. The van der Waals surface area contributed by atoms with E-state index in [-0.39, 0.29) is 0 Å². The zero-order chi connectivity index (χ0) is 4.12. The van der Waals surface area contributed by atoms with Gasteiger partial charge in [0.05, 0.1) is 0 Å². The second-order valence-corrected chi connectivity index (χ2v) is 0.841. The maximum absolute atomic E-state index is 7.57. The summed E-state index contributed by atoms with van der Waals surface area (Å²) >= 11 is 1.04. The standard InChI is InChI=1S/CH5NO2S/c1-5-4-2-3/h2-3H,1H3. The lowest BCUT2D eigenvalue weighted by atomic mass is 12.0. The van der Waals surface area contributed by atoms with Gasteiger partial charge < -0.3 is 0 Å². The molecule has 0 fully saturated rings. The zero-order valence-corrected chi connectivity index (χ0v) is 3.58. The van der Waals surface area contributed by atoms with Gasteiger partial charge in [0.15, 0.2) is 0 Å². The highest BCUT2D eigenvalue weighted by Crippen LogP contribution is 1.84. The summed E-state index contributed by atoms with van der Waals surface area (Å²) in [6, 6.07) is 0. The molecule has 32 valence electrons. The summed E-state index contributed by atoms with van der Waals surface area (Å²) < 4.78 is 4.06. The van der Waals surface area contributed by atoms with Gasteiger partial charge >= 0.3 is 0 Å². The summed E-state index contributed by atoms with van der Waals surface area (Å²) in [4.78, 5) is 0. The van der Waals surface area contributed by atoms with Crippen LogP contribution in [0.5, 0.6) is 0 Å². The molecule has 3 nitrogen and oxygen atoms in total. The second kappa shape index (κ2) is 4.23. The third kappa shape index (κ3) is 4.23. The van der Waals surface area contributed by atoms with E-state index >= 15 is 0 Å². The molecular formula is CH5NO2S. The fourth-order valence-electron chi connectivity index (χ4n) is 0.0373. The molecule has 0 saturated heterocycles. The van der Waals surface area contributed by atoms with Crippen LogP contribution in [0.1, 0.15) is 0 Å². The first-order chi connectivity index (χ1) is 2.41. The normalized spacial score (nSPS) is 8.40. The molecule has 4 heteroatoms. The van der Waals surface area contributed by atoms with Crippen molar-refractivity contribution < 1.29 is 9.49 Å². The zero-order valence-electron chi connectivity index (χ0n) is 2.76. The Hall–Kier alpha value is 0.230. The third-order valence-corrected chi connectivity index (χ3v) is 0.362. The lowest BCUT2D eigenvalue weighted by molar-refractivity contribution is -0.0268. The van der Waals surface area contributed by atoms with Crippen LogP contribution in [0.2, 0.25) is 0 Å². The average molecular weight is 95.1 g/mol. The van der Waals surface area contributed by atoms with Gasteiger partial charge in [0.1, 0.15) is 0 Å². The van der Waals surface area contributed by atoms with Crippen molar-refractivity contribution in [2.24, 2.45) is 0 Å². The van der Waals surface area contributed by atoms with Crippen LogP contribution >= 0.6 is 12.0 Å². The van der Waals surface area contributed by atoms with Crippen LogP contribution in [-0.2, 0) is 4.28 Å². The molecule has 0 aliphatic rings. The van der Waals surface area contributed by atoms with Crippen molar-refractivity contribution in [3.05, 3.63) is 0 Å². The third-order valence-electron chi connectivity index (χ3n) is 0.121. The summed E-state index contributed by atoms with van der Waals surface area (Å²) in [5, 5.41) is 7.57. The topological polar surface area (TPSA) is 41.5 Å². The molecule has 2 N–H and O–H groups in total. The fraction of sp³-hybridized carbons (Fsp3) is 1.00. The molecule has 0 aromatic rings. The van der Waals surface area contributed by atoms with Crippen molar-refractivity contribution in [1.82, 2.24) is 5.64 Å². The first kappa shape index (κ1) is 5.23. The van der Waals surface area contributed by atoms with E-state index in [9.17, 15) is 0 Å². The first-order valence-corrected chi connectivity index (χ1v) is 2.15. The minimum atomic E-state index is 1.04. The van der Waals surface area contributed by atoms with E-state index in [4.69, 9.17) is 5.21 Å². The first-order valence-electron chi connectivity index (χ1n) is 1.00. The Labute approximate surface area is 34.4 Å². The molecule has 0 aliphatic carbocycles. The molecule has 0 heterocycles. The molecule has 0 unspecified atom stereocenters. The van der Waals surface area contributed by atoms with E-state index in [1.807, 2.05) is 0 Å². The van der Waals surface area contributed by atoms with Crippen molar-refractivity contribution in [3.8, 4) is 0 Å². The molecule has 0 aliphatic heterocycles. The van der Waals surface area contributed by atoms with Gasteiger partial charge in [-0.1, -0.05) is 5.64 Å². The molecule has 0 amide bonds. The molecule has 0 bridgehead atoms. The predicted octanol–water partition coefficient (Wildman–Crippen LogP) is 0.175. The molecular weight excluding hydrogens is 90.1 g/mol. The van der Waals surface area contributed by atoms with Gasteiger partial charge in [-0.3, -0.25) is 5.21 Å². The fourth-order valence-corrected chi connectivity index (χ4v) is 0.112. The van der Waals surface area contributed by atoms with Gasteiger partial charge in [-0.25, -0.2) is 4.28 Å². The lowest BCUT2D eigenvalue weighted by Crippen LogP contribution is -1.99. The summed E-state index contributed by atoms with van der Waals surface area (Å²) in [7, 11) is 0. The predicted molar refractivity (Wildman–Crippen MR) is 19.5 cm³/mol. The second-order valence-electron chi connectivity index (χ2n) is 0.341. The monoisotopic (exact) mass is 95.0 g/mol. The van der Waals surface area contributed by atoms with Crippen molar-refractivity contribution in [3.63, 3.8) is 0 Å². The quantitative estimate of drug-likeness (QED) is 0.379. The van der Waals surface area contributed by atoms with E-state index in [2.05, 4.69) is 4.28 Å². The van der Waals surface area contributed by atoms with Crippen LogP contribution in [0.3, 0.4) is 0 Å². The SMILES string of the molecule is CSONO. The van der Waals surface area contributed by atoms with Crippen LogP contribution in [0.15, 0.2) is 0 Å². The Morgan fingerprint density at radius 1 is 2.00 bits per heavy atom. The van der Waals surface area contributed by atoms with Crippen molar-refractivity contribution in [2.75, 3.05) is 6.26 Å². The van der Waals surface area contributed by atoms with Crippen LogP contribution in [0, 0.1) is 0 Å². The Kier molecular flexibility index (Phi) is 4.42. The largest absolute Gasteiger partial charge is 0.291 e. The molecule has 0 atom stereocenters. The van der Waals surface area contributed by atoms with Gasteiger partial charge in [0, 0.05) is 18.3 Å². The van der Waals surface area contributed by atoms with Gasteiger partial charge in [-0.15, -0.1) is 0 Å². The van der Waals surface area contributed by atoms with E-state index in [0.717, 1.165) is 12.0 Å². The highest BCUT2D eigenvalue weighted by Gasteiger charge is 1.64. The molecule has 5 heavy (non-hydrogen) atoms. The summed E-state index contributed by atoms with van der Waals surface area (Å²) in [6.45, 7) is 0. The maximum atomic E-state index is 7.57. The van der Waals surface area contributed by atoms with Crippen molar-refractivity contribution in [1.29, 1.82) is 0 Å². The minimum absolute atomic E-state index is 1.04. The molecule has 0 rings (SSSR count). The van der Waals surface area contributed by atoms with E-state index in [1.165, 1.54) is 5.64 Å². The molecule has 0 radical (unpaired) electrons. The van der Waals surface area contributed by atoms with Gasteiger partial charge in [-0.2, -0.15) is 0 Å². The van der Waals surface area contributed by atoms with Gasteiger partial charge in [0.2, 0.25) is 0 Å². The molecule has 0 saturated carbocycles. The van der Waals surface area contributed by atoms with E-state index in [1.54, 1.807) is 6.26 Å². The van der Waals surface area contributed by atoms with E-state index in [0.29, 0.717) is 0 Å². The molecule has 0 spiro atoms. The van der Waals surface area contributed by atoms with Crippen LogP contribution in [-0.4, -0.2) is 11.5 Å². The Morgan fingerprint density at radius 2 is 2.60 bits per heavy atom. The lowest BCUT2D eigenvalue weighted by Gasteiger charge is -1.84. The van der Waals surface area contributed by atoms with Crippen LogP contribution in [0.4, 0.5) is 0 Å². The number of hydrogen-bond acceptors (Lipinski definition) is 4. The smallest absolute Gasteiger partial charge is 0.0149 e. The number of hydrogen-bond donors (Lipinski definition) is 2. The summed E-state index contributed by atoms with van der Waals surface area (Å²) in [5.74, 6) is 0. The highest BCUT2D eigenvalue weighted by atomic mass is 32.2. The van der Waals surface area contributed by atoms with E-state index < -0.39 is 0 Å². The molecule has 0 aromatic heterocycles. The highest BCUT2D eigenvalue weighted by molar-refractivity contribution is 7.93. The van der Waals surface area contributed by atoms with Crippen LogP contribution < -0.4 is 5.64 Å². The molecule has 0 aromatic carbocycles. The minimum Gasteiger partial charge on any atom is -0.291 e.